The molecule has 0 unspecified atom stereocenters. The first-order valence-corrected chi connectivity index (χ1v) is 8.60. The molecule has 2 heterocycles. The summed E-state index contributed by atoms with van der Waals surface area (Å²) in [6.07, 6.45) is 7.49. The molecule has 1 saturated carbocycles. The highest BCUT2D eigenvalue weighted by molar-refractivity contribution is 9.11. The molecule has 106 valence electrons. The van der Waals surface area contributed by atoms with Gasteiger partial charge in [-0.25, -0.2) is 4.98 Å². The van der Waals surface area contributed by atoms with Crippen LogP contribution in [0.1, 0.15) is 50.3 Å². The lowest BCUT2D eigenvalue weighted by Crippen LogP contribution is -2.09. The van der Waals surface area contributed by atoms with Crippen molar-refractivity contribution >= 4 is 33.2 Å². The summed E-state index contributed by atoms with van der Waals surface area (Å²) in [7, 11) is 0. The second kappa shape index (κ2) is 6.18. The third-order valence-electron chi connectivity index (χ3n) is 3.68. The van der Waals surface area contributed by atoms with E-state index in [1.807, 2.05) is 12.1 Å². The summed E-state index contributed by atoms with van der Waals surface area (Å²) < 4.78 is 1.07. The van der Waals surface area contributed by atoms with E-state index in [9.17, 15) is 0 Å². The van der Waals surface area contributed by atoms with E-state index >= 15 is 0 Å². The van der Waals surface area contributed by atoms with E-state index in [2.05, 4.69) is 30.9 Å². The molecule has 6 heteroatoms. The molecule has 1 aliphatic carbocycles. The zero-order valence-corrected chi connectivity index (χ0v) is 13.6. The van der Waals surface area contributed by atoms with Crippen molar-refractivity contribution in [2.45, 2.75) is 44.4 Å². The lowest BCUT2D eigenvalue weighted by atomic mass is 9.99. The van der Waals surface area contributed by atoms with Crippen molar-refractivity contribution < 1.29 is 0 Å². The van der Waals surface area contributed by atoms with Gasteiger partial charge >= 0.3 is 0 Å². The highest BCUT2D eigenvalue weighted by atomic mass is 79.9. The van der Waals surface area contributed by atoms with Crippen LogP contribution in [-0.2, 0) is 0 Å². The minimum Gasteiger partial charge on any atom is -0.368 e. The Kier molecular flexibility index (Phi) is 4.31. The van der Waals surface area contributed by atoms with E-state index < -0.39 is 0 Å². The Balaban J connectivity index is 1.93. The average Bonchev–Trinajstić information content (AvgIpc) is 2.71. The van der Waals surface area contributed by atoms with Crippen LogP contribution in [0.4, 0.5) is 5.95 Å². The molecule has 0 radical (unpaired) electrons. The zero-order chi connectivity index (χ0) is 13.9. The number of rotatable bonds is 2. The lowest BCUT2D eigenvalue weighted by molar-refractivity contribution is 0.559. The molecule has 2 N–H and O–H groups in total. The number of hydrogen-bond donors (Lipinski definition) is 1. The summed E-state index contributed by atoms with van der Waals surface area (Å²) in [6, 6.07) is 4.02. The largest absolute Gasteiger partial charge is 0.368 e. The molecule has 4 nitrogen and oxygen atoms in total. The Morgan fingerprint density at radius 3 is 2.45 bits per heavy atom. The average molecular weight is 353 g/mol. The van der Waals surface area contributed by atoms with Gasteiger partial charge in [-0.1, -0.05) is 25.7 Å². The summed E-state index contributed by atoms with van der Waals surface area (Å²) >= 11 is 5.09. The van der Waals surface area contributed by atoms with E-state index in [4.69, 9.17) is 5.73 Å². The van der Waals surface area contributed by atoms with Crippen LogP contribution in [0.2, 0.25) is 0 Å². The van der Waals surface area contributed by atoms with Crippen LogP contribution in [0, 0.1) is 0 Å². The van der Waals surface area contributed by atoms with E-state index in [0.717, 1.165) is 27.3 Å². The fourth-order valence-electron chi connectivity index (χ4n) is 2.67. The summed E-state index contributed by atoms with van der Waals surface area (Å²) in [5.41, 5.74) is 5.88. The molecule has 2 aromatic rings. The minimum absolute atomic E-state index is 0.332. The predicted octanol–water partition coefficient (Wildman–Crippen LogP) is 4.38. The van der Waals surface area contributed by atoms with E-state index in [0.29, 0.717) is 17.7 Å². The number of nitrogens with two attached hydrogens (primary N) is 1. The van der Waals surface area contributed by atoms with Crippen molar-refractivity contribution in [3.8, 4) is 10.7 Å². The highest BCUT2D eigenvalue weighted by Gasteiger charge is 2.19. The number of anilines is 1. The topological polar surface area (TPSA) is 64.7 Å². The number of thiophene rings is 1. The maximum Gasteiger partial charge on any atom is 0.223 e. The highest BCUT2D eigenvalue weighted by Crippen LogP contribution is 2.33. The quantitative estimate of drug-likeness (QED) is 0.814. The molecule has 0 amide bonds. The van der Waals surface area contributed by atoms with E-state index in [1.165, 1.54) is 25.7 Å². The smallest absolute Gasteiger partial charge is 0.223 e. The van der Waals surface area contributed by atoms with E-state index in [1.54, 1.807) is 11.3 Å². The van der Waals surface area contributed by atoms with Gasteiger partial charge < -0.3 is 5.73 Å². The Morgan fingerprint density at radius 2 is 1.80 bits per heavy atom. The first-order valence-electron chi connectivity index (χ1n) is 6.99. The molecule has 0 aliphatic heterocycles. The number of hydrogen-bond acceptors (Lipinski definition) is 5. The maximum atomic E-state index is 5.88. The third kappa shape index (κ3) is 3.17. The number of nitrogens with zero attached hydrogens (tertiary/aromatic N) is 3. The van der Waals surface area contributed by atoms with E-state index in [-0.39, 0.29) is 0 Å². The summed E-state index contributed by atoms with van der Waals surface area (Å²) in [6.45, 7) is 0. The van der Waals surface area contributed by atoms with Gasteiger partial charge in [-0.05, 0) is 40.9 Å². The van der Waals surface area contributed by atoms with Gasteiger partial charge in [0.2, 0.25) is 5.95 Å². The van der Waals surface area contributed by atoms with Crippen molar-refractivity contribution in [2.24, 2.45) is 0 Å². The summed E-state index contributed by atoms with van der Waals surface area (Å²) in [5.74, 6) is 2.34. The van der Waals surface area contributed by atoms with Crippen molar-refractivity contribution in [3.05, 3.63) is 21.7 Å². The Labute approximate surface area is 131 Å². The third-order valence-corrected chi connectivity index (χ3v) is 5.30. The molecule has 2 aromatic heterocycles. The standard InChI is InChI=1S/C14H17BrN4S/c15-11-8-7-10(20-11)13-17-12(18-14(16)19-13)9-5-3-1-2-4-6-9/h7-9H,1-6H2,(H2,16,17,18,19). The second-order valence-corrected chi connectivity index (χ2v) is 7.63. The maximum absolute atomic E-state index is 5.88. The molecule has 0 atom stereocenters. The van der Waals surface area contributed by atoms with Gasteiger partial charge in [0.1, 0.15) is 5.82 Å². The molecule has 0 saturated heterocycles. The minimum atomic E-state index is 0.332. The number of nitrogen functional groups attached to an aromatic ring is 1. The normalized spacial score (nSPS) is 17.1. The van der Waals surface area contributed by atoms with Crippen LogP contribution in [0.25, 0.3) is 10.7 Å². The van der Waals surface area contributed by atoms with Crippen molar-refractivity contribution in [3.63, 3.8) is 0 Å². The van der Waals surface area contributed by atoms with Gasteiger partial charge in [0.15, 0.2) is 5.82 Å². The van der Waals surface area contributed by atoms with Crippen LogP contribution >= 0.6 is 27.3 Å². The van der Waals surface area contributed by atoms with Crippen LogP contribution in [0.3, 0.4) is 0 Å². The fraction of sp³-hybridized carbons (Fsp3) is 0.500. The second-order valence-electron chi connectivity index (χ2n) is 5.17. The number of aromatic nitrogens is 3. The van der Waals surface area contributed by atoms with Crippen molar-refractivity contribution in [1.82, 2.24) is 15.0 Å². The van der Waals surface area contributed by atoms with Crippen LogP contribution < -0.4 is 5.73 Å². The molecule has 0 bridgehead atoms. The Hall–Kier alpha value is -1.01. The molecular formula is C14H17BrN4S. The van der Waals surface area contributed by atoms with Crippen LogP contribution in [0.15, 0.2) is 15.9 Å². The van der Waals surface area contributed by atoms with Gasteiger partial charge in [0.05, 0.1) is 8.66 Å². The Morgan fingerprint density at radius 1 is 1.05 bits per heavy atom. The summed E-state index contributed by atoms with van der Waals surface area (Å²) in [4.78, 5) is 14.4. The Bertz CT molecular complexity index is 591. The number of halogens is 1. The molecule has 20 heavy (non-hydrogen) atoms. The van der Waals surface area contributed by atoms with Gasteiger partial charge in [-0.15, -0.1) is 11.3 Å². The first-order chi connectivity index (χ1) is 9.72. The van der Waals surface area contributed by atoms with Crippen molar-refractivity contribution in [1.29, 1.82) is 0 Å². The summed E-state index contributed by atoms with van der Waals surface area (Å²) in [5, 5.41) is 0. The lowest BCUT2D eigenvalue weighted by Gasteiger charge is -2.13. The van der Waals surface area contributed by atoms with Gasteiger partial charge in [-0.3, -0.25) is 0 Å². The molecule has 1 fully saturated rings. The predicted molar refractivity (Wildman–Crippen MR) is 85.7 cm³/mol. The SMILES string of the molecule is Nc1nc(-c2ccc(Br)s2)nc(C2CCCCCC2)n1. The van der Waals surface area contributed by atoms with Crippen molar-refractivity contribution in [2.75, 3.05) is 5.73 Å². The van der Waals surface area contributed by atoms with Gasteiger partial charge in [-0.2, -0.15) is 9.97 Å². The molecule has 3 rings (SSSR count). The van der Waals surface area contributed by atoms with Crippen LogP contribution in [-0.4, -0.2) is 15.0 Å². The molecule has 1 aliphatic rings. The van der Waals surface area contributed by atoms with Crippen LogP contribution in [0.5, 0.6) is 0 Å². The molecule has 0 spiro atoms. The molecule has 0 aromatic carbocycles. The van der Waals surface area contributed by atoms with Gasteiger partial charge in [0, 0.05) is 5.92 Å². The fourth-order valence-corrected chi connectivity index (χ4v) is 3.99. The zero-order valence-electron chi connectivity index (χ0n) is 11.2. The van der Waals surface area contributed by atoms with Gasteiger partial charge in [0.25, 0.3) is 0 Å². The first kappa shape index (κ1) is 13.9. The monoisotopic (exact) mass is 352 g/mol. The molecular weight excluding hydrogens is 336 g/mol.